The molecule has 0 fully saturated rings. The van der Waals surface area contributed by atoms with Gasteiger partial charge >= 0.3 is 5.97 Å². The van der Waals surface area contributed by atoms with Crippen molar-refractivity contribution in [3.63, 3.8) is 0 Å². The first-order chi connectivity index (χ1) is 5.95. The van der Waals surface area contributed by atoms with Gasteiger partial charge in [0.25, 0.3) is 10.1 Å². The van der Waals surface area contributed by atoms with Gasteiger partial charge in [0.05, 0.1) is 13.2 Å². The molecule has 0 aromatic rings. The molecule has 0 bridgehead atoms. The quantitative estimate of drug-likeness (QED) is 0.482. The number of esters is 1. The van der Waals surface area contributed by atoms with Gasteiger partial charge < -0.3 is 4.74 Å². The van der Waals surface area contributed by atoms with Crippen molar-refractivity contribution in [2.24, 2.45) is 0 Å². The van der Waals surface area contributed by atoms with Gasteiger partial charge in [0.15, 0.2) is 5.25 Å². The van der Waals surface area contributed by atoms with Gasteiger partial charge in [-0.2, -0.15) is 8.42 Å². The zero-order valence-corrected chi connectivity index (χ0v) is 8.76. The molecule has 0 N–H and O–H groups in total. The highest BCUT2D eigenvalue weighted by Crippen LogP contribution is 2.05. The molecule has 78 valence electrons. The zero-order valence-electron chi connectivity index (χ0n) is 7.94. The molecule has 1 unspecified atom stereocenters. The summed E-state index contributed by atoms with van der Waals surface area (Å²) in [7, 11) is -3.81. The van der Waals surface area contributed by atoms with Gasteiger partial charge in [-0.05, 0) is 20.8 Å². The molecule has 0 rings (SSSR count). The van der Waals surface area contributed by atoms with Crippen molar-refractivity contribution >= 4 is 16.1 Å². The lowest BCUT2D eigenvalue weighted by Crippen LogP contribution is -2.30. The first-order valence-corrected chi connectivity index (χ1v) is 5.47. The molecular formula is C7H14O5S. The minimum atomic E-state index is -3.81. The first-order valence-electron chi connectivity index (χ1n) is 4.00. The molecule has 1 atom stereocenters. The van der Waals surface area contributed by atoms with Crippen molar-refractivity contribution in [2.75, 3.05) is 13.2 Å². The van der Waals surface area contributed by atoms with E-state index in [1.54, 1.807) is 6.92 Å². The van der Waals surface area contributed by atoms with Crippen LogP contribution in [0.15, 0.2) is 0 Å². The van der Waals surface area contributed by atoms with E-state index < -0.39 is 21.3 Å². The van der Waals surface area contributed by atoms with Crippen molar-refractivity contribution in [1.82, 2.24) is 0 Å². The van der Waals surface area contributed by atoms with Crippen LogP contribution in [-0.4, -0.2) is 32.9 Å². The van der Waals surface area contributed by atoms with Crippen LogP contribution in [0, 0.1) is 0 Å². The molecule has 0 radical (unpaired) electrons. The van der Waals surface area contributed by atoms with Crippen LogP contribution in [0.25, 0.3) is 0 Å². The van der Waals surface area contributed by atoms with E-state index in [-0.39, 0.29) is 13.2 Å². The summed E-state index contributed by atoms with van der Waals surface area (Å²) in [5, 5.41) is -1.26. The fourth-order valence-corrected chi connectivity index (χ4v) is 1.48. The van der Waals surface area contributed by atoms with Crippen molar-refractivity contribution < 1.29 is 22.1 Å². The highest BCUT2D eigenvalue weighted by atomic mass is 32.2. The lowest BCUT2D eigenvalue weighted by atomic mass is 10.5. The molecule has 0 saturated carbocycles. The van der Waals surface area contributed by atoms with E-state index in [1.165, 1.54) is 13.8 Å². The Labute approximate surface area is 78.2 Å². The SMILES string of the molecule is CCOC(=O)C(C)S(=O)(=O)OCC. The summed E-state index contributed by atoms with van der Waals surface area (Å²) in [6, 6.07) is 0. The largest absolute Gasteiger partial charge is 0.465 e. The Morgan fingerprint density at radius 2 is 1.85 bits per heavy atom. The molecule has 0 aliphatic rings. The predicted octanol–water partition coefficient (Wildman–Crippen LogP) is 0.304. The van der Waals surface area contributed by atoms with Gasteiger partial charge in [0.2, 0.25) is 0 Å². The molecule has 5 nitrogen and oxygen atoms in total. The molecule has 0 aliphatic heterocycles. The van der Waals surface area contributed by atoms with Crippen LogP contribution < -0.4 is 0 Å². The van der Waals surface area contributed by atoms with Crippen molar-refractivity contribution in [3.05, 3.63) is 0 Å². The Hall–Kier alpha value is -0.620. The average molecular weight is 210 g/mol. The maximum atomic E-state index is 11.1. The first kappa shape index (κ1) is 12.4. The Kier molecular flexibility index (Phi) is 4.94. The smallest absolute Gasteiger partial charge is 0.326 e. The minimum Gasteiger partial charge on any atom is -0.465 e. The van der Waals surface area contributed by atoms with Crippen LogP contribution in [-0.2, 0) is 23.8 Å². The number of carbonyl (C=O) groups excluding carboxylic acids is 1. The Morgan fingerprint density at radius 1 is 1.31 bits per heavy atom. The summed E-state index contributed by atoms with van der Waals surface area (Å²) in [6.45, 7) is 4.56. The third kappa shape index (κ3) is 3.73. The minimum absolute atomic E-state index is 0.0199. The predicted molar refractivity (Wildman–Crippen MR) is 46.6 cm³/mol. The second-order valence-electron chi connectivity index (χ2n) is 2.29. The van der Waals surface area contributed by atoms with E-state index in [0.29, 0.717) is 0 Å². The molecule has 0 heterocycles. The van der Waals surface area contributed by atoms with E-state index >= 15 is 0 Å². The van der Waals surface area contributed by atoms with Crippen LogP contribution in [0.4, 0.5) is 0 Å². The number of hydrogen-bond acceptors (Lipinski definition) is 5. The fourth-order valence-electron chi connectivity index (χ4n) is 0.644. The maximum absolute atomic E-state index is 11.1. The highest BCUT2D eigenvalue weighted by Gasteiger charge is 2.29. The van der Waals surface area contributed by atoms with Gasteiger partial charge in [-0.3, -0.25) is 8.98 Å². The second-order valence-corrected chi connectivity index (χ2v) is 4.22. The Morgan fingerprint density at radius 3 is 2.23 bits per heavy atom. The van der Waals surface area contributed by atoms with Crippen LogP contribution in [0.3, 0.4) is 0 Å². The fraction of sp³-hybridized carbons (Fsp3) is 0.857. The summed E-state index contributed by atoms with van der Waals surface area (Å²) >= 11 is 0. The maximum Gasteiger partial charge on any atom is 0.326 e. The Balaban J connectivity index is 4.40. The highest BCUT2D eigenvalue weighted by molar-refractivity contribution is 7.88. The van der Waals surface area contributed by atoms with E-state index in [1.807, 2.05) is 0 Å². The average Bonchev–Trinajstić information content (AvgIpc) is 2.03. The van der Waals surface area contributed by atoms with E-state index in [2.05, 4.69) is 8.92 Å². The third-order valence-corrected chi connectivity index (χ3v) is 2.96. The monoisotopic (exact) mass is 210 g/mol. The van der Waals surface area contributed by atoms with Crippen LogP contribution in [0.1, 0.15) is 20.8 Å². The van der Waals surface area contributed by atoms with Crippen molar-refractivity contribution in [3.8, 4) is 0 Å². The van der Waals surface area contributed by atoms with Crippen molar-refractivity contribution in [1.29, 1.82) is 0 Å². The number of carbonyl (C=O) groups is 1. The Bertz CT molecular complexity index is 256. The van der Waals surface area contributed by atoms with Gasteiger partial charge in [-0.1, -0.05) is 0 Å². The molecule has 0 aromatic heterocycles. The molecule has 13 heavy (non-hydrogen) atoms. The summed E-state index contributed by atoms with van der Waals surface area (Å²) in [5.74, 6) is -0.782. The third-order valence-electron chi connectivity index (χ3n) is 1.33. The van der Waals surface area contributed by atoms with E-state index in [9.17, 15) is 13.2 Å². The number of rotatable bonds is 5. The lowest BCUT2D eigenvalue weighted by Gasteiger charge is -2.10. The van der Waals surface area contributed by atoms with Gasteiger partial charge in [0, 0.05) is 0 Å². The summed E-state index contributed by atoms with van der Waals surface area (Å²) in [5.41, 5.74) is 0. The lowest BCUT2D eigenvalue weighted by molar-refractivity contribution is -0.142. The van der Waals surface area contributed by atoms with Gasteiger partial charge in [-0.25, -0.2) is 0 Å². The zero-order chi connectivity index (χ0) is 10.5. The molecular weight excluding hydrogens is 196 g/mol. The topological polar surface area (TPSA) is 69.7 Å². The molecule has 0 spiro atoms. The summed E-state index contributed by atoms with van der Waals surface area (Å²) in [6.07, 6.45) is 0. The standard InChI is InChI=1S/C7H14O5S/c1-4-11-7(8)6(3)13(9,10)12-5-2/h6H,4-5H2,1-3H3. The van der Waals surface area contributed by atoms with E-state index in [0.717, 1.165) is 0 Å². The molecule has 0 saturated heterocycles. The molecule has 0 aromatic carbocycles. The summed E-state index contributed by atoms with van der Waals surface area (Å²) < 4.78 is 31.2. The van der Waals surface area contributed by atoms with E-state index in [4.69, 9.17) is 0 Å². The number of hydrogen-bond donors (Lipinski definition) is 0. The van der Waals surface area contributed by atoms with Crippen LogP contribution in [0.5, 0.6) is 0 Å². The normalized spacial score (nSPS) is 13.8. The molecule has 0 amide bonds. The number of ether oxygens (including phenoxy) is 1. The van der Waals surface area contributed by atoms with Gasteiger partial charge in [0.1, 0.15) is 0 Å². The molecule has 0 aliphatic carbocycles. The second kappa shape index (κ2) is 5.18. The van der Waals surface area contributed by atoms with Crippen molar-refractivity contribution in [2.45, 2.75) is 26.0 Å². The van der Waals surface area contributed by atoms with Crippen LogP contribution in [0.2, 0.25) is 0 Å². The molecule has 6 heteroatoms. The summed E-state index contributed by atoms with van der Waals surface area (Å²) in [4.78, 5) is 11.0. The van der Waals surface area contributed by atoms with Crippen LogP contribution >= 0.6 is 0 Å². The van der Waals surface area contributed by atoms with Gasteiger partial charge in [-0.15, -0.1) is 0 Å².